The number of fused-ring (bicyclic) bond motifs is 1. The van der Waals surface area contributed by atoms with Crippen LogP contribution in [0.5, 0.6) is 0 Å². The van der Waals surface area contributed by atoms with E-state index in [1.165, 1.54) is 72.9 Å². The van der Waals surface area contributed by atoms with Crippen molar-refractivity contribution >= 4 is 10.9 Å². The van der Waals surface area contributed by atoms with Crippen molar-refractivity contribution in [3.63, 3.8) is 0 Å². The van der Waals surface area contributed by atoms with Crippen molar-refractivity contribution in [2.45, 2.75) is 50.1 Å². The Labute approximate surface area is 174 Å². The Bertz CT molecular complexity index is 989. The van der Waals surface area contributed by atoms with Gasteiger partial charge >= 0.3 is 0 Å². The van der Waals surface area contributed by atoms with Gasteiger partial charge in [0.05, 0.1) is 5.54 Å². The maximum absolute atomic E-state index is 3.86. The lowest BCUT2D eigenvalue weighted by molar-refractivity contribution is -0.0467. The maximum Gasteiger partial charge on any atom is 0.0616 e. The summed E-state index contributed by atoms with van der Waals surface area (Å²) in [7, 11) is 4.52. The first-order valence-electron chi connectivity index (χ1n) is 11.1. The van der Waals surface area contributed by atoms with E-state index in [1.807, 2.05) is 0 Å². The number of benzene rings is 2. The lowest BCUT2D eigenvalue weighted by Crippen LogP contribution is -2.58. The summed E-state index contributed by atoms with van der Waals surface area (Å²) in [5.41, 5.74) is 5.96. The van der Waals surface area contributed by atoms with Crippen LogP contribution in [0.1, 0.15) is 48.9 Å². The lowest BCUT2D eigenvalue weighted by atomic mass is 9.66. The van der Waals surface area contributed by atoms with Crippen molar-refractivity contribution in [2.75, 3.05) is 27.2 Å². The fourth-order valence-electron chi connectivity index (χ4n) is 6.04. The molecule has 5 rings (SSSR count). The van der Waals surface area contributed by atoms with Crippen molar-refractivity contribution in [3.05, 3.63) is 71.4 Å². The van der Waals surface area contributed by atoms with Crippen LogP contribution in [0.4, 0.5) is 0 Å². The van der Waals surface area contributed by atoms with Crippen molar-refractivity contribution in [1.82, 2.24) is 14.8 Å². The van der Waals surface area contributed by atoms with Gasteiger partial charge in [0.1, 0.15) is 0 Å². The molecule has 2 aliphatic rings. The smallest absolute Gasteiger partial charge is 0.0616 e. The molecule has 29 heavy (non-hydrogen) atoms. The molecular weight excluding hydrogens is 354 g/mol. The summed E-state index contributed by atoms with van der Waals surface area (Å²) in [4.78, 5) is 9.10. The fraction of sp³-hybridized carbons (Fsp3) is 0.462. The first kappa shape index (κ1) is 18.9. The molecule has 1 saturated heterocycles. The lowest BCUT2D eigenvalue weighted by Gasteiger charge is -2.56. The number of rotatable bonds is 4. The molecule has 1 aromatic heterocycles. The Balaban J connectivity index is 1.56. The third kappa shape index (κ3) is 2.78. The number of likely N-dealkylation sites (tertiary alicyclic amines) is 1. The SMILES string of the molecule is Cc1c(C2(N3CCC3)CCC(c3ccccc3)(N(C)C)CC2)[nH]c2ccccc12. The summed E-state index contributed by atoms with van der Waals surface area (Å²) in [6.45, 7) is 4.78. The van der Waals surface area contributed by atoms with Gasteiger partial charge in [0.25, 0.3) is 0 Å². The molecule has 1 N–H and O–H groups in total. The molecule has 2 heterocycles. The van der Waals surface area contributed by atoms with Gasteiger partial charge in [0.15, 0.2) is 0 Å². The van der Waals surface area contributed by atoms with Crippen LogP contribution in [0.25, 0.3) is 10.9 Å². The number of aryl methyl sites for hydroxylation is 1. The minimum atomic E-state index is 0.134. The quantitative estimate of drug-likeness (QED) is 0.647. The monoisotopic (exact) mass is 387 g/mol. The zero-order valence-electron chi connectivity index (χ0n) is 18.0. The van der Waals surface area contributed by atoms with E-state index in [1.54, 1.807) is 0 Å². The highest BCUT2D eigenvalue weighted by atomic mass is 15.3. The highest BCUT2D eigenvalue weighted by Crippen LogP contribution is 2.52. The van der Waals surface area contributed by atoms with Gasteiger partial charge in [0, 0.05) is 35.2 Å². The predicted octanol–water partition coefficient (Wildman–Crippen LogP) is 5.41. The van der Waals surface area contributed by atoms with E-state index in [4.69, 9.17) is 0 Å². The molecule has 3 aromatic rings. The van der Waals surface area contributed by atoms with Crippen LogP contribution in [-0.2, 0) is 11.1 Å². The second-order valence-electron chi connectivity index (χ2n) is 9.33. The molecule has 1 aliphatic heterocycles. The largest absolute Gasteiger partial charge is 0.357 e. The number of nitrogens with one attached hydrogen (secondary N) is 1. The molecule has 3 heteroatoms. The van der Waals surface area contributed by atoms with Crippen molar-refractivity contribution < 1.29 is 0 Å². The predicted molar refractivity (Wildman–Crippen MR) is 121 cm³/mol. The molecule has 1 saturated carbocycles. The molecule has 0 spiro atoms. The fourth-order valence-corrected chi connectivity index (χ4v) is 6.04. The third-order valence-corrected chi connectivity index (χ3v) is 7.96. The molecule has 0 bridgehead atoms. The summed E-state index contributed by atoms with van der Waals surface area (Å²) >= 11 is 0. The van der Waals surface area contributed by atoms with Gasteiger partial charge in [-0.05, 0) is 70.3 Å². The first-order chi connectivity index (χ1) is 14.1. The summed E-state index contributed by atoms with van der Waals surface area (Å²) in [6.07, 6.45) is 6.12. The third-order valence-electron chi connectivity index (χ3n) is 7.96. The molecule has 0 radical (unpaired) electrons. The normalized spacial score (nSPS) is 28.0. The van der Waals surface area contributed by atoms with Gasteiger partial charge in [-0.15, -0.1) is 0 Å². The van der Waals surface area contributed by atoms with Gasteiger partial charge in [-0.3, -0.25) is 9.80 Å². The Kier molecular flexibility index (Phi) is 4.56. The van der Waals surface area contributed by atoms with Gasteiger partial charge < -0.3 is 4.98 Å². The summed E-state index contributed by atoms with van der Waals surface area (Å²) < 4.78 is 0. The molecule has 152 valence electrons. The topological polar surface area (TPSA) is 22.3 Å². The zero-order valence-corrected chi connectivity index (χ0v) is 18.0. The molecule has 3 nitrogen and oxygen atoms in total. The van der Waals surface area contributed by atoms with Crippen LogP contribution >= 0.6 is 0 Å². The van der Waals surface area contributed by atoms with Gasteiger partial charge in [0.2, 0.25) is 0 Å². The maximum atomic E-state index is 3.86. The van der Waals surface area contributed by atoms with Crippen molar-refractivity contribution in [3.8, 4) is 0 Å². The molecule has 0 amide bonds. The van der Waals surface area contributed by atoms with Crippen molar-refractivity contribution in [1.29, 1.82) is 0 Å². The number of hydrogen-bond acceptors (Lipinski definition) is 2. The molecule has 0 unspecified atom stereocenters. The summed E-state index contributed by atoms with van der Waals surface area (Å²) in [5.74, 6) is 0. The van der Waals surface area contributed by atoms with E-state index in [9.17, 15) is 0 Å². The highest BCUT2D eigenvalue weighted by molar-refractivity contribution is 5.84. The molecular formula is C26H33N3. The number of para-hydroxylation sites is 1. The van der Waals surface area contributed by atoms with Crippen LogP contribution in [0.15, 0.2) is 54.6 Å². The first-order valence-corrected chi connectivity index (χ1v) is 11.1. The summed E-state index contributed by atoms with van der Waals surface area (Å²) in [6, 6.07) is 20.0. The van der Waals surface area contributed by atoms with E-state index >= 15 is 0 Å². The van der Waals surface area contributed by atoms with Gasteiger partial charge in [-0.2, -0.15) is 0 Å². The average Bonchev–Trinajstić information content (AvgIpc) is 3.05. The van der Waals surface area contributed by atoms with Crippen LogP contribution < -0.4 is 0 Å². The Morgan fingerprint density at radius 2 is 1.52 bits per heavy atom. The second kappa shape index (κ2) is 7.00. The number of nitrogens with zero attached hydrogens (tertiary/aromatic N) is 2. The van der Waals surface area contributed by atoms with Crippen LogP contribution in [-0.4, -0.2) is 42.0 Å². The molecule has 2 aromatic carbocycles. The average molecular weight is 388 g/mol. The Morgan fingerprint density at radius 1 is 0.862 bits per heavy atom. The van der Waals surface area contributed by atoms with E-state index in [0.29, 0.717) is 0 Å². The van der Waals surface area contributed by atoms with E-state index in [2.05, 4.69) is 90.4 Å². The molecule has 1 aliphatic carbocycles. The molecule has 2 fully saturated rings. The van der Waals surface area contributed by atoms with Gasteiger partial charge in [-0.25, -0.2) is 0 Å². The van der Waals surface area contributed by atoms with Crippen LogP contribution in [0.2, 0.25) is 0 Å². The standard InChI is InChI=1S/C26H33N3/c1-20-22-12-7-8-13-23(22)27-24(20)26(29-18-9-19-29)16-14-25(15-17-26,28(2)3)21-10-5-4-6-11-21/h4-8,10-13,27H,9,14-19H2,1-3H3. The Hall–Kier alpha value is -2.10. The zero-order chi connectivity index (χ0) is 20.1. The second-order valence-corrected chi connectivity index (χ2v) is 9.33. The van der Waals surface area contributed by atoms with Crippen molar-refractivity contribution in [2.24, 2.45) is 0 Å². The number of H-pyrrole nitrogens is 1. The number of hydrogen-bond donors (Lipinski definition) is 1. The van der Waals surface area contributed by atoms with Gasteiger partial charge in [-0.1, -0.05) is 48.5 Å². The molecule has 0 atom stereocenters. The van der Waals surface area contributed by atoms with E-state index in [-0.39, 0.29) is 11.1 Å². The van der Waals surface area contributed by atoms with Crippen LogP contribution in [0.3, 0.4) is 0 Å². The van der Waals surface area contributed by atoms with Crippen LogP contribution in [0, 0.1) is 6.92 Å². The highest BCUT2D eigenvalue weighted by Gasteiger charge is 2.50. The van der Waals surface area contributed by atoms with E-state index in [0.717, 1.165) is 0 Å². The minimum Gasteiger partial charge on any atom is -0.357 e. The number of aromatic nitrogens is 1. The minimum absolute atomic E-state index is 0.134. The summed E-state index contributed by atoms with van der Waals surface area (Å²) in [5, 5.41) is 1.38. The van der Waals surface area contributed by atoms with E-state index < -0.39 is 0 Å². The number of aromatic amines is 1. The Morgan fingerprint density at radius 3 is 2.10 bits per heavy atom.